The average Bonchev–Trinajstić information content (AvgIpc) is 0.840. The molecule has 5 heterocycles. The number of nitrogens with zero attached hydrogens (tertiary/aromatic N) is 8. The molecule has 0 atom stereocenters. The van der Waals surface area contributed by atoms with E-state index < -0.39 is 72.4 Å². The molecule has 3 aliphatic rings. The molecule has 0 spiro atoms. The highest BCUT2D eigenvalue weighted by atomic mass is 16.6. The Morgan fingerprint density at radius 1 is 0.449 bits per heavy atom. The van der Waals surface area contributed by atoms with Crippen molar-refractivity contribution in [3.63, 3.8) is 0 Å². The summed E-state index contributed by atoms with van der Waals surface area (Å²) >= 11 is 0. The molecule has 136 heavy (non-hydrogen) atoms. The minimum atomic E-state index is -1.22. The smallest absolute Gasteiger partial charge is 0.331 e. The molecule has 12 rings (SSSR count). The Hall–Kier alpha value is -13.7. The van der Waals surface area contributed by atoms with E-state index in [9.17, 15) is 63.9 Å². The number of hydrogen-bond donors (Lipinski definition) is 11. The predicted molar refractivity (Wildman–Crippen MR) is 514 cm³/mol. The number of esters is 3. The number of carbonyl (C=O) groups excluding carboxylic acids is 6. The lowest BCUT2D eigenvalue weighted by molar-refractivity contribution is -0.385. The van der Waals surface area contributed by atoms with Gasteiger partial charge in [-0.25, -0.2) is 19.2 Å². The van der Waals surface area contributed by atoms with Crippen molar-refractivity contribution in [2.75, 3.05) is 91.4 Å². The van der Waals surface area contributed by atoms with Crippen LogP contribution in [-0.4, -0.2) is 189 Å². The van der Waals surface area contributed by atoms with E-state index in [0.29, 0.717) is 57.8 Å². The van der Waals surface area contributed by atoms with Gasteiger partial charge < -0.3 is 102 Å². The summed E-state index contributed by atoms with van der Waals surface area (Å²) in [5.74, 6) is -0.856. The van der Waals surface area contributed by atoms with Crippen LogP contribution in [0.15, 0.2) is 172 Å². The number of carboxylic acid groups (broad SMARTS) is 1. The minimum Gasteiger partial charge on any atom is -0.495 e. The Bertz CT molecular complexity index is 5020. The maximum absolute atomic E-state index is 11.6. The first-order chi connectivity index (χ1) is 64.1. The number of nitrogens with two attached hydrogens (primary N) is 6. The Morgan fingerprint density at radius 2 is 0.787 bits per heavy atom. The van der Waals surface area contributed by atoms with Crippen LogP contribution in [0.4, 0.5) is 39.9 Å². The number of oxazole rings is 3. The van der Waals surface area contributed by atoms with Crippen LogP contribution in [-0.2, 0) is 53.8 Å². The summed E-state index contributed by atoms with van der Waals surface area (Å²) in [5, 5.41) is 51.4. The fourth-order valence-corrected chi connectivity index (χ4v) is 13.8. The molecule has 742 valence electrons. The van der Waals surface area contributed by atoms with Crippen molar-refractivity contribution in [3.8, 4) is 45.3 Å². The van der Waals surface area contributed by atoms with Gasteiger partial charge in [-0.3, -0.25) is 54.7 Å². The van der Waals surface area contributed by atoms with Gasteiger partial charge in [-0.15, -0.1) is 0 Å². The Labute approximate surface area is 791 Å². The molecule has 0 bridgehead atoms. The third kappa shape index (κ3) is 36.6. The average molecular weight is 1900 g/mol. The molecule has 41 nitrogen and oxygen atoms in total. The van der Waals surface area contributed by atoms with Crippen LogP contribution in [0.1, 0.15) is 194 Å². The number of nitrogens with one attached hydrogen (secondary N) is 4. The number of aromatic nitrogens is 5. The number of non-ortho nitro benzene ring substituents is 3. The molecular formula is C95H134N18O23. The Kier molecular flexibility index (Phi) is 46.0. The number of anilines is 3. The molecular weight excluding hydrogens is 1760 g/mol. The van der Waals surface area contributed by atoms with E-state index in [2.05, 4.69) is 72.5 Å². The zero-order chi connectivity index (χ0) is 102. The summed E-state index contributed by atoms with van der Waals surface area (Å²) in [5.41, 5.74) is 35.0. The lowest BCUT2D eigenvalue weighted by Crippen LogP contribution is -2.52. The molecule has 3 saturated carbocycles. The topological polar surface area (TPSA) is 633 Å². The minimum absolute atomic E-state index is 0.00239. The number of ketones is 2. The predicted octanol–water partition coefficient (Wildman–Crippen LogP) is 14.5. The normalized spacial score (nSPS) is 13.9. The van der Waals surface area contributed by atoms with Gasteiger partial charge in [0.25, 0.3) is 35.1 Å². The van der Waals surface area contributed by atoms with Crippen molar-refractivity contribution in [2.45, 2.75) is 211 Å². The number of carboxylic acids is 1. The number of nitro groups is 3. The van der Waals surface area contributed by atoms with Gasteiger partial charge in [0.05, 0.1) is 81.4 Å². The van der Waals surface area contributed by atoms with Crippen molar-refractivity contribution in [1.29, 1.82) is 0 Å². The molecule has 3 fully saturated rings. The lowest BCUT2D eigenvalue weighted by atomic mass is 9.71. The molecule has 5 aromatic heterocycles. The van der Waals surface area contributed by atoms with E-state index in [-0.39, 0.29) is 64.0 Å². The number of nitro benzene ring substituents is 3. The molecule has 9 aromatic rings. The third-order valence-corrected chi connectivity index (χ3v) is 22.4. The van der Waals surface area contributed by atoms with Crippen LogP contribution in [0.3, 0.4) is 0 Å². The Balaban J connectivity index is 0.000000325. The number of rotatable bonds is 29. The highest BCUT2D eigenvalue weighted by molar-refractivity contribution is 5.97. The van der Waals surface area contributed by atoms with E-state index in [1.165, 1.54) is 207 Å². The van der Waals surface area contributed by atoms with Crippen LogP contribution in [0, 0.1) is 35.8 Å². The fourth-order valence-electron chi connectivity index (χ4n) is 13.8. The first kappa shape index (κ1) is 115. The number of carbonyl (C=O) groups is 7. The lowest BCUT2D eigenvalue weighted by Gasteiger charge is -2.35. The summed E-state index contributed by atoms with van der Waals surface area (Å²) in [6.45, 7) is 20.5. The van der Waals surface area contributed by atoms with E-state index in [1.54, 1.807) is 124 Å². The van der Waals surface area contributed by atoms with Crippen molar-refractivity contribution >= 4 is 76.6 Å². The number of benzene rings is 4. The monoisotopic (exact) mass is 1890 g/mol. The first-order valence-corrected chi connectivity index (χ1v) is 43.8. The quantitative estimate of drug-likeness (QED) is 0.00682. The highest BCUT2D eigenvalue weighted by Crippen LogP contribution is 2.41. The molecule has 0 unspecified atom stereocenters. The number of urea groups is 1. The van der Waals surface area contributed by atoms with E-state index in [0.717, 1.165) is 36.0 Å². The van der Waals surface area contributed by atoms with Gasteiger partial charge >= 0.3 is 29.9 Å². The third-order valence-electron chi connectivity index (χ3n) is 22.4. The van der Waals surface area contributed by atoms with Crippen LogP contribution in [0.5, 0.6) is 11.5 Å². The zero-order valence-corrected chi connectivity index (χ0v) is 80.6. The number of aliphatic carboxylic acids is 1. The molecule has 2 amide bonds. The van der Waals surface area contributed by atoms with Gasteiger partial charge in [0, 0.05) is 113 Å². The van der Waals surface area contributed by atoms with Gasteiger partial charge in [0.2, 0.25) is 0 Å². The summed E-state index contributed by atoms with van der Waals surface area (Å²) in [7, 11) is 8.95. The molecule has 17 N–H and O–H groups in total. The zero-order valence-electron chi connectivity index (χ0n) is 80.6. The summed E-state index contributed by atoms with van der Waals surface area (Å²) in [6.07, 6.45) is 26.8. The summed E-state index contributed by atoms with van der Waals surface area (Å²) < 4.78 is 44.6. The number of methoxy groups -OCH3 is 6. The highest BCUT2D eigenvalue weighted by Gasteiger charge is 2.38. The largest absolute Gasteiger partial charge is 0.495 e. The van der Waals surface area contributed by atoms with Crippen molar-refractivity contribution in [2.24, 2.45) is 39.8 Å². The van der Waals surface area contributed by atoms with Gasteiger partial charge in [0.15, 0.2) is 11.6 Å². The SMILES string of the molecule is CC(=O)C(C)(C)Nc1nc(-c2ccc([N+](=O)[O-])cc2)co1.CC(C)(Nc1nc(-c2ccc([N+](=O)[O-])cc2)co1)C(=O)O.COC(=O)C(C)(C)N.COC(=O)C(C)(C)NC(N)=O.COC(=O)C(C)(C)Nc1nc(-c2ccc([N+](=O)[O-])cc2)co1.COCC1(CN)CCCCC1.COc1ccc(C2(CN)CCCCC2)nc1.COc1ccc(C2(CN)CCCCC2)nc1.NCC(=O)c1ccccc1. The second-order valence-corrected chi connectivity index (χ2v) is 34.9. The molecule has 41 heteroatoms. The number of primary amides is 1. The van der Waals surface area contributed by atoms with Crippen molar-refractivity contribution in [1.82, 2.24) is 30.2 Å². The molecule has 0 saturated heterocycles. The number of amides is 2. The number of Topliss-reactive ketones (excluding diaryl/α,β-unsaturated/α-hetero) is 2. The van der Waals surface area contributed by atoms with Gasteiger partial charge in [-0.2, -0.15) is 15.0 Å². The van der Waals surface area contributed by atoms with Crippen LogP contribution in [0.2, 0.25) is 0 Å². The number of ether oxygens (including phenoxy) is 6. The summed E-state index contributed by atoms with van der Waals surface area (Å²) in [6, 6.07) is 34.5. The molecule has 4 aromatic carbocycles. The molecule has 0 aliphatic heterocycles. The second-order valence-electron chi connectivity index (χ2n) is 34.9. The van der Waals surface area contributed by atoms with Gasteiger partial charge in [-0.05, 0) is 175 Å². The summed E-state index contributed by atoms with van der Waals surface area (Å²) in [4.78, 5) is 129. The number of pyridine rings is 2. The second kappa shape index (κ2) is 54.6. The van der Waals surface area contributed by atoms with Crippen molar-refractivity contribution < 1.29 is 95.1 Å². The maximum Gasteiger partial charge on any atom is 0.331 e. The van der Waals surface area contributed by atoms with E-state index in [1.807, 2.05) is 30.3 Å². The van der Waals surface area contributed by atoms with E-state index in [4.69, 9.17) is 67.0 Å². The number of hydrogen-bond acceptors (Lipinski definition) is 35. The standard InChI is InChI=1S/C14H15N3O5.C14H15N3O4.C13H13N3O5.2C13H20N2O.C9H19NO.C8H9NO.C6H12N2O3.C5H11NO2/c1-14(2,12(18)21-3)16-13-15-11(8-22-13)9-4-6-10(7-5-9)17(19)20;1-9(18)14(2,3)16-13-15-12(8-21-13)10-4-6-11(7-5-10)17(19)20;1-13(2,11(17)18)15-12-14-10(7-21-12)8-3-5-9(6-4-8)16(19)20;2*1-16-11-5-6-12(15-9-11)13(10-14)7-3-2-4-8-13;1-11-8-9(7-10)5-3-2-4-6-9;9-6-8(10)7-4-2-1-3-5-7;1-6(2,4(9)11-3)8-5(7)10;1-5(2,6)4(7)8-3/h4-8H,1-3H3,(H,15,16);4-8H,1-3H3,(H,15,16);3-7H,1-2H3,(H,14,15)(H,17,18);2*5-6,9H,2-4,7-8,10,14H2,1H3;2-8,10H2,1H3;1-5H,6,9H2;1-3H3,(H3,7,8,10);6H2,1-3H3. The van der Waals surface area contributed by atoms with Gasteiger partial charge in [0.1, 0.15) is 69.5 Å². The Morgan fingerprint density at radius 3 is 1.05 bits per heavy atom. The van der Waals surface area contributed by atoms with E-state index >= 15 is 0 Å². The molecule has 3 aliphatic carbocycles. The fraction of sp³-hybridized carbons (Fsp3) is 0.474. The van der Waals surface area contributed by atoms with Crippen LogP contribution >= 0.6 is 0 Å². The van der Waals surface area contributed by atoms with Crippen LogP contribution < -0.4 is 65.1 Å². The first-order valence-electron chi connectivity index (χ1n) is 43.8. The van der Waals surface area contributed by atoms with Crippen molar-refractivity contribution in [3.05, 3.63) is 206 Å². The van der Waals surface area contributed by atoms with Gasteiger partial charge in [-0.1, -0.05) is 88.1 Å². The van der Waals surface area contributed by atoms with Crippen LogP contribution in [0.25, 0.3) is 33.8 Å². The molecule has 0 radical (unpaired) electrons. The maximum atomic E-state index is 11.6.